The Kier molecular flexibility index (Phi) is 6.11. The summed E-state index contributed by atoms with van der Waals surface area (Å²) in [6.07, 6.45) is 1.56. The minimum atomic E-state index is 0.437. The zero-order valence-electron chi connectivity index (χ0n) is 10.8. The number of hydrogen-bond acceptors (Lipinski definition) is 4. The Bertz CT molecular complexity index is 359. The van der Waals surface area contributed by atoms with Crippen molar-refractivity contribution in [3.8, 4) is 0 Å². The van der Waals surface area contributed by atoms with E-state index in [1.807, 2.05) is 0 Å². The standard InChI is InChI=1S/C13H21BrN2OS/c1-2-12-9-16(5-6-17-12)4-3-15-8-13-7-11(14)10-18-13/h7,10,12,15H,2-6,8-9H2,1H3. The van der Waals surface area contributed by atoms with Crippen molar-refractivity contribution in [2.45, 2.75) is 26.0 Å². The Balaban J connectivity index is 1.60. The van der Waals surface area contributed by atoms with Crippen LogP contribution in [0.5, 0.6) is 0 Å². The van der Waals surface area contributed by atoms with Crippen LogP contribution in [0.25, 0.3) is 0 Å². The van der Waals surface area contributed by atoms with Crippen LogP contribution in [0, 0.1) is 0 Å². The van der Waals surface area contributed by atoms with E-state index in [1.165, 1.54) is 9.35 Å². The largest absolute Gasteiger partial charge is 0.376 e. The minimum Gasteiger partial charge on any atom is -0.376 e. The predicted molar refractivity (Wildman–Crippen MR) is 80.2 cm³/mol. The maximum Gasteiger partial charge on any atom is 0.0700 e. The van der Waals surface area contributed by atoms with Gasteiger partial charge in [-0.15, -0.1) is 11.3 Å². The van der Waals surface area contributed by atoms with Gasteiger partial charge >= 0.3 is 0 Å². The highest BCUT2D eigenvalue weighted by atomic mass is 79.9. The molecule has 0 spiro atoms. The van der Waals surface area contributed by atoms with E-state index < -0.39 is 0 Å². The van der Waals surface area contributed by atoms with Crippen LogP contribution in [0.15, 0.2) is 15.9 Å². The number of nitrogens with zero attached hydrogens (tertiary/aromatic N) is 1. The fraction of sp³-hybridized carbons (Fsp3) is 0.692. The van der Waals surface area contributed by atoms with E-state index in [0.717, 1.165) is 45.8 Å². The first kappa shape index (κ1) is 14.5. The van der Waals surface area contributed by atoms with Crippen molar-refractivity contribution in [2.24, 2.45) is 0 Å². The topological polar surface area (TPSA) is 24.5 Å². The summed E-state index contributed by atoms with van der Waals surface area (Å²) in [5.74, 6) is 0. The van der Waals surface area contributed by atoms with Crippen LogP contribution in [0.2, 0.25) is 0 Å². The van der Waals surface area contributed by atoms with E-state index in [-0.39, 0.29) is 0 Å². The number of nitrogens with one attached hydrogen (secondary N) is 1. The van der Waals surface area contributed by atoms with Gasteiger partial charge in [-0.2, -0.15) is 0 Å². The molecule has 1 N–H and O–H groups in total. The number of rotatable bonds is 6. The molecule has 1 unspecified atom stereocenters. The van der Waals surface area contributed by atoms with E-state index in [1.54, 1.807) is 11.3 Å². The fourth-order valence-corrected chi connectivity index (χ4v) is 3.55. The predicted octanol–water partition coefficient (Wildman–Crippen LogP) is 2.71. The minimum absolute atomic E-state index is 0.437. The molecule has 3 nitrogen and oxygen atoms in total. The summed E-state index contributed by atoms with van der Waals surface area (Å²) in [5, 5.41) is 5.63. The van der Waals surface area contributed by atoms with Crippen molar-refractivity contribution in [3.63, 3.8) is 0 Å². The van der Waals surface area contributed by atoms with Gasteiger partial charge < -0.3 is 10.1 Å². The van der Waals surface area contributed by atoms with Crippen LogP contribution in [0.4, 0.5) is 0 Å². The maximum atomic E-state index is 5.67. The second-order valence-electron chi connectivity index (χ2n) is 4.61. The Morgan fingerprint density at radius 3 is 3.22 bits per heavy atom. The molecule has 1 aliphatic rings. The Morgan fingerprint density at radius 2 is 2.50 bits per heavy atom. The third-order valence-electron chi connectivity index (χ3n) is 3.20. The first-order chi connectivity index (χ1) is 8.78. The quantitative estimate of drug-likeness (QED) is 0.810. The molecule has 1 aromatic heterocycles. The highest BCUT2D eigenvalue weighted by Gasteiger charge is 2.17. The van der Waals surface area contributed by atoms with Gasteiger partial charge in [0.1, 0.15) is 0 Å². The lowest BCUT2D eigenvalue weighted by molar-refractivity contribution is -0.0290. The van der Waals surface area contributed by atoms with Gasteiger partial charge in [0.2, 0.25) is 0 Å². The molecular formula is C13H21BrN2OS. The van der Waals surface area contributed by atoms with Crippen LogP contribution >= 0.6 is 27.3 Å². The van der Waals surface area contributed by atoms with Crippen LogP contribution in [0.1, 0.15) is 18.2 Å². The van der Waals surface area contributed by atoms with E-state index >= 15 is 0 Å². The van der Waals surface area contributed by atoms with Gasteiger partial charge in [0.15, 0.2) is 0 Å². The smallest absolute Gasteiger partial charge is 0.0700 e. The summed E-state index contributed by atoms with van der Waals surface area (Å²) in [5.41, 5.74) is 0. The van der Waals surface area contributed by atoms with Crippen molar-refractivity contribution < 1.29 is 4.74 Å². The molecule has 0 radical (unpaired) electrons. The van der Waals surface area contributed by atoms with Gasteiger partial charge in [-0.25, -0.2) is 0 Å². The first-order valence-corrected chi connectivity index (χ1v) is 8.22. The molecule has 5 heteroatoms. The summed E-state index contributed by atoms with van der Waals surface area (Å²) in [6, 6.07) is 2.18. The van der Waals surface area contributed by atoms with E-state index in [2.05, 4.69) is 44.5 Å². The Morgan fingerprint density at radius 1 is 1.61 bits per heavy atom. The number of hydrogen-bond donors (Lipinski definition) is 1. The monoisotopic (exact) mass is 332 g/mol. The molecule has 1 atom stereocenters. The zero-order valence-corrected chi connectivity index (χ0v) is 13.2. The summed E-state index contributed by atoms with van der Waals surface area (Å²) in [4.78, 5) is 3.88. The molecule has 18 heavy (non-hydrogen) atoms. The van der Waals surface area contributed by atoms with E-state index in [9.17, 15) is 0 Å². The second-order valence-corrected chi connectivity index (χ2v) is 6.52. The Hall–Kier alpha value is 0.0600. The fourth-order valence-electron chi connectivity index (χ4n) is 2.13. The molecule has 2 rings (SSSR count). The maximum absolute atomic E-state index is 5.67. The summed E-state index contributed by atoms with van der Waals surface area (Å²) < 4.78 is 6.85. The highest BCUT2D eigenvalue weighted by Crippen LogP contribution is 2.19. The first-order valence-electron chi connectivity index (χ1n) is 6.55. The number of halogens is 1. The molecule has 0 saturated carbocycles. The number of thiophene rings is 1. The lowest BCUT2D eigenvalue weighted by Crippen LogP contribution is -2.44. The summed E-state index contributed by atoms with van der Waals surface area (Å²) in [7, 11) is 0. The molecule has 1 fully saturated rings. The van der Waals surface area contributed by atoms with Gasteiger partial charge in [0, 0.05) is 47.5 Å². The van der Waals surface area contributed by atoms with Crippen LogP contribution in [-0.2, 0) is 11.3 Å². The SMILES string of the molecule is CCC1CN(CCNCc2cc(Br)cs2)CCO1. The van der Waals surface area contributed by atoms with Gasteiger partial charge in [0.05, 0.1) is 12.7 Å². The van der Waals surface area contributed by atoms with Crippen molar-refractivity contribution in [1.29, 1.82) is 0 Å². The third kappa shape index (κ3) is 4.63. The third-order valence-corrected chi connectivity index (χ3v) is 4.90. The molecule has 1 aromatic rings. The molecule has 2 heterocycles. The number of morpholine rings is 1. The molecule has 102 valence electrons. The summed E-state index contributed by atoms with van der Waals surface area (Å²) in [6.45, 7) is 8.37. The molecule has 0 aliphatic carbocycles. The van der Waals surface area contributed by atoms with Gasteiger partial charge in [-0.05, 0) is 28.4 Å². The molecule has 0 amide bonds. The summed E-state index contributed by atoms with van der Waals surface area (Å²) >= 11 is 5.28. The van der Waals surface area contributed by atoms with Crippen LogP contribution < -0.4 is 5.32 Å². The van der Waals surface area contributed by atoms with Gasteiger partial charge in [0.25, 0.3) is 0 Å². The average Bonchev–Trinajstić information content (AvgIpc) is 2.81. The normalized spacial score (nSPS) is 21.3. The molecular weight excluding hydrogens is 312 g/mol. The Labute approximate surface area is 122 Å². The number of ether oxygens (including phenoxy) is 1. The van der Waals surface area contributed by atoms with Crippen molar-refractivity contribution in [3.05, 3.63) is 20.8 Å². The lowest BCUT2D eigenvalue weighted by Gasteiger charge is -2.32. The molecule has 1 saturated heterocycles. The van der Waals surface area contributed by atoms with Crippen molar-refractivity contribution in [2.75, 3.05) is 32.8 Å². The zero-order chi connectivity index (χ0) is 12.8. The molecule has 0 bridgehead atoms. The van der Waals surface area contributed by atoms with E-state index in [0.29, 0.717) is 6.10 Å². The van der Waals surface area contributed by atoms with Crippen molar-refractivity contribution in [1.82, 2.24) is 10.2 Å². The van der Waals surface area contributed by atoms with E-state index in [4.69, 9.17) is 4.74 Å². The highest BCUT2D eigenvalue weighted by molar-refractivity contribution is 9.10. The molecule has 0 aromatic carbocycles. The van der Waals surface area contributed by atoms with Gasteiger partial charge in [-0.3, -0.25) is 4.90 Å². The van der Waals surface area contributed by atoms with Crippen LogP contribution in [-0.4, -0.2) is 43.8 Å². The lowest BCUT2D eigenvalue weighted by atomic mass is 10.2. The average molecular weight is 333 g/mol. The van der Waals surface area contributed by atoms with Crippen LogP contribution in [0.3, 0.4) is 0 Å². The molecule has 1 aliphatic heterocycles. The second kappa shape index (κ2) is 7.60. The van der Waals surface area contributed by atoms with Gasteiger partial charge in [-0.1, -0.05) is 6.92 Å². The van der Waals surface area contributed by atoms with Crippen molar-refractivity contribution >= 4 is 27.3 Å².